The van der Waals surface area contributed by atoms with Crippen LogP contribution < -0.4 is 10.1 Å². The van der Waals surface area contributed by atoms with Crippen molar-refractivity contribution in [3.8, 4) is 5.75 Å². The molecule has 1 aromatic carbocycles. The van der Waals surface area contributed by atoms with Crippen molar-refractivity contribution in [3.05, 3.63) is 29.3 Å². The number of ether oxygens (including phenoxy) is 3. The molecule has 0 saturated carbocycles. The normalized spacial score (nSPS) is 10.7. The minimum absolute atomic E-state index is 0.552. The number of hydrogen-bond donors (Lipinski definition) is 1. The van der Waals surface area contributed by atoms with E-state index in [1.807, 2.05) is 13.0 Å². The van der Waals surface area contributed by atoms with Crippen molar-refractivity contribution < 1.29 is 14.2 Å². The van der Waals surface area contributed by atoms with Crippen LogP contribution in [0.3, 0.4) is 0 Å². The Morgan fingerprint density at radius 2 is 1.89 bits per heavy atom. The second-order valence-electron chi connectivity index (χ2n) is 4.18. The molecule has 0 heterocycles. The molecule has 1 N–H and O–H groups in total. The van der Waals surface area contributed by atoms with Crippen LogP contribution in [0.4, 0.5) is 0 Å². The fraction of sp³-hybridized carbons (Fsp3) is 0.600. The maximum atomic E-state index is 5.60. The van der Waals surface area contributed by atoms with Crippen molar-refractivity contribution >= 4 is 0 Å². The van der Waals surface area contributed by atoms with Crippen LogP contribution in [0.1, 0.15) is 25.0 Å². The van der Waals surface area contributed by atoms with Gasteiger partial charge >= 0.3 is 0 Å². The lowest BCUT2D eigenvalue weighted by Crippen LogP contribution is -2.12. The Labute approximate surface area is 116 Å². The Hall–Kier alpha value is -1.10. The Bertz CT molecular complexity index is 355. The molecular weight excluding hydrogens is 242 g/mol. The summed E-state index contributed by atoms with van der Waals surface area (Å²) >= 11 is 0. The number of hydrogen-bond acceptors (Lipinski definition) is 4. The first-order chi connectivity index (χ1) is 9.31. The molecule has 4 heteroatoms. The van der Waals surface area contributed by atoms with Crippen molar-refractivity contribution in [1.29, 1.82) is 0 Å². The van der Waals surface area contributed by atoms with E-state index in [4.69, 9.17) is 14.2 Å². The van der Waals surface area contributed by atoms with Crippen LogP contribution in [-0.4, -0.2) is 33.5 Å². The Balaban J connectivity index is 2.52. The van der Waals surface area contributed by atoms with Gasteiger partial charge in [-0.1, -0.05) is 13.0 Å². The third-order valence-electron chi connectivity index (χ3n) is 2.76. The summed E-state index contributed by atoms with van der Waals surface area (Å²) in [6, 6.07) is 6.20. The average Bonchev–Trinajstić information content (AvgIpc) is 2.45. The maximum absolute atomic E-state index is 5.60. The van der Waals surface area contributed by atoms with Crippen LogP contribution in [-0.2, 0) is 22.6 Å². The van der Waals surface area contributed by atoms with Crippen molar-refractivity contribution in [2.24, 2.45) is 0 Å². The topological polar surface area (TPSA) is 39.7 Å². The molecule has 4 nitrogen and oxygen atoms in total. The van der Waals surface area contributed by atoms with Gasteiger partial charge < -0.3 is 19.5 Å². The van der Waals surface area contributed by atoms with Crippen LogP contribution in [0.15, 0.2) is 18.2 Å². The standard InChI is InChI=1S/C15H25NO3/c1-4-16-11-13-6-7-15(17-3)14(10-13)12-19-9-8-18-5-2/h6-7,10,16H,4-5,8-9,11-12H2,1-3H3. The predicted octanol–water partition coefficient (Wildman–Crippen LogP) is 2.36. The summed E-state index contributed by atoms with van der Waals surface area (Å²) < 4.78 is 16.2. The van der Waals surface area contributed by atoms with Crippen LogP contribution in [0.5, 0.6) is 5.75 Å². The van der Waals surface area contributed by atoms with Crippen molar-refractivity contribution in [2.75, 3.05) is 33.5 Å². The van der Waals surface area contributed by atoms with E-state index in [0.717, 1.165) is 31.0 Å². The SMILES string of the molecule is CCNCc1ccc(OC)c(COCCOCC)c1. The van der Waals surface area contributed by atoms with Crippen molar-refractivity contribution in [2.45, 2.75) is 27.0 Å². The van der Waals surface area contributed by atoms with E-state index in [1.54, 1.807) is 7.11 Å². The zero-order chi connectivity index (χ0) is 13.9. The third-order valence-corrected chi connectivity index (χ3v) is 2.76. The largest absolute Gasteiger partial charge is 0.496 e. The summed E-state index contributed by atoms with van der Waals surface area (Å²) in [6.07, 6.45) is 0. The number of benzene rings is 1. The molecule has 0 amide bonds. The molecular formula is C15H25NO3. The lowest BCUT2D eigenvalue weighted by atomic mass is 10.1. The van der Waals surface area contributed by atoms with Crippen molar-refractivity contribution in [3.63, 3.8) is 0 Å². The van der Waals surface area contributed by atoms with Crippen LogP contribution in [0.25, 0.3) is 0 Å². The summed E-state index contributed by atoms with van der Waals surface area (Å²) in [5.74, 6) is 0.872. The number of nitrogens with one attached hydrogen (secondary N) is 1. The molecule has 0 spiro atoms. The van der Waals surface area contributed by atoms with Gasteiger partial charge in [-0.2, -0.15) is 0 Å². The zero-order valence-electron chi connectivity index (χ0n) is 12.2. The Morgan fingerprint density at radius 3 is 2.58 bits per heavy atom. The highest BCUT2D eigenvalue weighted by molar-refractivity contribution is 5.36. The average molecular weight is 267 g/mol. The number of methoxy groups -OCH3 is 1. The molecule has 0 radical (unpaired) electrons. The second kappa shape index (κ2) is 9.78. The van der Waals surface area contributed by atoms with Gasteiger partial charge in [0.2, 0.25) is 0 Å². The van der Waals surface area contributed by atoms with Gasteiger partial charge in [-0.3, -0.25) is 0 Å². The second-order valence-corrected chi connectivity index (χ2v) is 4.18. The molecule has 1 aromatic rings. The lowest BCUT2D eigenvalue weighted by molar-refractivity contribution is 0.0446. The quantitative estimate of drug-likeness (QED) is 0.661. The van der Waals surface area contributed by atoms with Gasteiger partial charge in [-0.25, -0.2) is 0 Å². The lowest BCUT2D eigenvalue weighted by Gasteiger charge is -2.11. The minimum Gasteiger partial charge on any atom is -0.496 e. The smallest absolute Gasteiger partial charge is 0.124 e. The Kier molecular flexibility index (Phi) is 8.21. The van der Waals surface area contributed by atoms with Crippen molar-refractivity contribution in [1.82, 2.24) is 5.32 Å². The molecule has 0 saturated heterocycles. The molecule has 0 aliphatic heterocycles. The van der Waals surface area contributed by atoms with Crippen LogP contribution >= 0.6 is 0 Å². The van der Waals surface area contributed by atoms with Crippen LogP contribution in [0, 0.1) is 0 Å². The maximum Gasteiger partial charge on any atom is 0.124 e. The molecule has 0 fully saturated rings. The first kappa shape index (κ1) is 16.0. The van der Waals surface area contributed by atoms with Gasteiger partial charge in [0.1, 0.15) is 5.75 Å². The Morgan fingerprint density at radius 1 is 1.11 bits per heavy atom. The van der Waals surface area contributed by atoms with Gasteiger partial charge in [-0.05, 0) is 31.2 Å². The zero-order valence-corrected chi connectivity index (χ0v) is 12.2. The van der Waals surface area contributed by atoms with Crippen LogP contribution in [0.2, 0.25) is 0 Å². The molecule has 108 valence electrons. The van der Waals surface area contributed by atoms with E-state index in [0.29, 0.717) is 19.8 Å². The van der Waals surface area contributed by atoms with E-state index in [1.165, 1.54) is 5.56 Å². The van der Waals surface area contributed by atoms with E-state index >= 15 is 0 Å². The molecule has 0 atom stereocenters. The fourth-order valence-electron chi connectivity index (χ4n) is 1.77. The highest BCUT2D eigenvalue weighted by Gasteiger charge is 2.04. The van der Waals surface area contributed by atoms with Gasteiger partial charge in [0, 0.05) is 18.7 Å². The first-order valence-electron chi connectivity index (χ1n) is 6.83. The van der Waals surface area contributed by atoms with Gasteiger partial charge in [0.05, 0.1) is 26.9 Å². The summed E-state index contributed by atoms with van der Waals surface area (Å²) in [7, 11) is 1.68. The van der Waals surface area contributed by atoms with Gasteiger partial charge in [-0.15, -0.1) is 0 Å². The summed E-state index contributed by atoms with van der Waals surface area (Å²) in [4.78, 5) is 0. The molecule has 1 rings (SSSR count). The monoisotopic (exact) mass is 267 g/mol. The fourth-order valence-corrected chi connectivity index (χ4v) is 1.77. The number of rotatable bonds is 10. The summed E-state index contributed by atoms with van der Waals surface area (Å²) in [6.45, 7) is 8.43. The molecule has 0 bridgehead atoms. The van der Waals surface area contributed by atoms with E-state index in [-0.39, 0.29) is 0 Å². The molecule has 0 unspecified atom stereocenters. The third kappa shape index (κ3) is 6.05. The highest BCUT2D eigenvalue weighted by atomic mass is 16.5. The molecule has 0 aliphatic carbocycles. The predicted molar refractivity (Wildman–Crippen MR) is 76.5 cm³/mol. The summed E-state index contributed by atoms with van der Waals surface area (Å²) in [5.41, 5.74) is 2.32. The molecule has 0 aromatic heterocycles. The summed E-state index contributed by atoms with van der Waals surface area (Å²) in [5, 5.41) is 3.31. The van der Waals surface area contributed by atoms with Gasteiger partial charge in [0.15, 0.2) is 0 Å². The van der Waals surface area contributed by atoms with E-state index in [9.17, 15) is 0 Å². The molecule has 19 heavy (non-hydrogen) atoms. The minimum atomic E-state index is 0.552. The van der Waals surface area contributed by atoms with E-state index < -0.39 is 0 Å². The van der Waals surface area contributed by atoms with Gasteiger partial charge in [0.25, 0.3) is 0 Å². The molecule has 0 aliphatic rings. The van der Waals surface area contributed by atoms with E-state index in [2.05, 4.69) is 24.4 Å². The highest BCUT2D eigenvalue weighted by Crippen LogP contribution is 2.20. The first-order valence-corrected chi connectivity index (χ1v) is 6.83.